The topological polar surface area (TPSA) is 87.6 Å². The maximum atomic E-state index is 13.3. The van der Waals surface area contributed by atoms with E-state index in [4.69, 9.17) is 0 Å². The summed E-state index contributed by atoms with van der Waals surface area (Å²) in [6, 6.07) is 19.0. The molecule has 34 heavy (non-hydrogen) atoms. The average molecular weight is 455 g/mol. The summed E-state index contributed by atoms with van der Waals surface area (Å²) in [5.74, 6) is -0.407. The van der Waals surface area contributed by atoms with E-state index in [-0.39, 0.29) is 0 Å². The Morgan fingerprint density at radius 2 is 1.76 bits per heavy atom. The molecule has 2 amide bonds. The summed E-state index contributed by atoms with van der Waals surface area (Å²) in [4.78, 5) is 12.2. The number of nitrogens with one attached hydrogen (secondary N) is 3. The molecular weight excluding hydrogens is 431 g/mol. The van der Waals surface area contributed by atoms with Crippen LogP contribution in [0.25, 0.3) is 33.3 Å². The molecule has 3 aromatic carbocycles. The maximum absolute atomic E-state index is 13.3. The van der Waals surface area contributed by atoms with Gasteiger partial charge in [0.15, 0.2) is 0 Å². The lowest BCUT2D eigenvalue weighted by atomic mass is 10.0. The number of hydrogen-bond donors (Lipinski definition) is 3. The van der Waals surface area contributed by atoms with Crippen molar-refractivity contribution in [2.75, 3.05) is 10.6 Å². The molecule has 0 unspecified atom stereocenters. The highest BCUT2D eigenvalue weighted by atomic mass is 19.1. The third kappa shape index (κ3) is 4.52. The van der Waals surface area contributed by atoms with Crippen LogP contribution in [0, 0.1) is 5.82 Å². The summed E-state index contributed by atoms with van der Waals surface area (Å²) < 4.78 is 15.2. The minimum atomic E-state index is -0.438. The van der Waals surface area contributed by atoms with Gasteiger partial charge in [-0.05, 0) is 60.0 Å². The second-order valence-corrected chi connectivity index (χ2v) is 7.99. The standard InChI is InChI=1S/C26H23FN6O/c1-2-12-33-16-19(15-28-33)25-23-11-8-18(13-24(23)31-32-25)17-6-9-21(10-7-17)29-26(34)30-22-5-3-4-20(27)14-22/h3-11,13-16H,2,12H2,1H3,(H,31,32)(H2,29,30,34). The molecule has 0 radical (unpaired) electrons. The number of carbonyl (C=O) groups excluding carboxylic acids is 1. The number of fused-ring (bicyclic) bond motifs is 1. The molecule has 8 heteroatoms. The van der Waals surface area contributed by atoms with Crippen molar-refractivity contribution in [3.8, 4) is 22.4 Å². The largest absolute Gasteiger partial charge is 0.323 e. The first kappa shape index (κ1) is 21.4. The van der Waals surface area contributed by atoms with Crippen LogP contribution in [-0.2, 0) is 6.54 Å². The maximum Gasteiger partial charge on any atom is 0.323 e. The number of urea groups is 1. The van der Waals surface area contributed by atoms with Gasteiger partial charge in [0.2, 0.25) is 0 Å². The number of aryl methyl sites for hydroxylation is 1. The van der Waals surface area contributed by atoms with Gasteiger partial charge < -0.3 is 10.6 Å². The molecule has 7 nitrogen and oxygen atoms in total. The van der Waals surface area contributed by atoms with Crippen LogP contribution in [0.5, 0.6) is 0 Å². The second-order valence-electron chi connectivity index (χ2n) is 7.99. The van der Waals surface area contributed by atoms with Crippen LogP contribution in [0.2, 0.25) is 0 Å². The normalized spacial score (nSPS) is 11.0. The van der Waals surface area contributed by atoms with Crippen molar-refractivity contribution >= 4 is 28.3 Å². The van der Waals surface area contributed by atoms with Crippen molar-refractivity contribution in [2.45, 2.75) is 19.9 Å². The smallest absolute Gasteiger partial charge is 0.308 e. The predicted octanol–water partition coefficient (Wildman–Crippen LogP) is 6.29. The number of hydrogen-bond acceptors (Lipinski definition) is 3. The van der Waals surface area contributed by atoms with Crippen LogP contribution >= 0.6 is 0 Å². The lowest BCUT2D eigenvalue weighted by Gasteiger charge is -2.09. The molecule has 0 aliphatic heterocycles. The fraction of sp³-hybridized carbons (Fsp3) is 0.115. The fourth-order valence-electron chi connectivity index (χ4n) is 3.86. The Morgan fingerprint density at radius 1 is 0.971 bits per heavy atom. The van der Waals surface area contributed by atoms with Crippen molar-refractivity contribution in [3.05, 3.63) is 84.9 Å². The van der Waals surface area contributed by atoms with Crippen molar-refractivity contribution in [3.63, 3.8) is 0 Å². The summed E-state index contributed by atoms with van der Waals surface area (Å²) in [6.45, 7) is 3.00. The van der Waals surface area contributed by atoms with Crippen molar-refractivity contribution in [2.24, 2.45) is 0 Å². The van der Waals surface area contributed by atoms with Crippen molar-refractivity contribution in [1.82, 2.24) is 20.0 Å². The van der Waals surface area contributed by atoms with Gasteiger partial charge in [0.1, 0.15) is 11.5 Å². The molecule has 0 aliphatic rings. The molecule has 0 saturated heterocycles. The van der Waals surface area contributed by atoms with Gasteiger partial charge in [0.25, 0.3) is 0 Å². The highest BCUT2D eigenvalue weighted by Crippen LogP contribution is 2.30. The van der Waals surface area contributed by atoms with E-state index in [1.54, 1.807) is 12.1 Å². The summed E-state index contributed by atoms with van der Waals surface area (Å²) in [7, 11) is 0. The molecule has 0 bridgehead atoms. The molecule has 2 heterocycles. The summed E-state index contributed by atoms with van der Waals surface area (Å²) >= 11 is 0. The third-order valence-electron chi connectivity index (χ3n) is 5.48. The second kappa shape index (κ2) is 9.19. The number of H-pyrrole nitrogens is 1. The lowest BCUT2D eigenvalue weighted by molar-refractivity contribution is 0.262. The monoisotopic (exact) mass is 454 g/mol. The molecule has 0 fully saturated rings. The highest BCUT2D eigenvalue weighted by molar-refractivity contribution is 6.00. The van der Waals surface area contributed by atoms with E-state index in [0.717, 1.165) is 46.3 Å². The summed E-state index contributed by atoms with van der Waals surface area (Å²) in [6.07, 6.45) is 4.89. The van der Waals surface area contributed by atoms with Gasteiger partial charge in [0.05, 0.1) is 11.7 Å². The first-order chi connectivity index (χ1) is 16.6. The Kier molecular flexibility index (Phi) is 5.78. The van der Waals surface area contributed by atoms with Gasteiger partial charge in [-0.3, -0.25) is 9.78 Å². The molecule has 0 atom stereocenters. The molecule has 0 spiro atoms. The van der Waals surface area contributed by atoms with Crippen LogP contribution in [0.15, 0.2) is 79.1 Å². The van der Waals surface area contributed by atoms with Crippen LogP contribution < -0.4 is 10.6 Å². The van der Waals surface area contributed by atoms with Gasteiger partial charge in [-0.2, -0.15) is 10.2 Å². The van der Waals surface area contributed by atoms with E-state index >= 15 is 0 Å². The number of carbonyl (C=O) groups is 1. The zero-order valence-electron chi connectivity index (χ0n) is 18.5. The third-order valence-corrected chi connectivity index (χ3v) is 5.48. The molecule has 5 aromatic rings. The lowest BCUT2D eigenvalue weighted by Crippen LogP contribution is -2.19. The van der Waals surface area contributed by atoms with Gasteiger partial charge in [-0.1, -0.05) is 31.2 Å². The van der Waals surface area contributed by atoms with Crippen molar-refractivity contribution in [1.29, 1.82) is 0 Å². The van der Waals surface area contributed by atoms with Gasteiger partial charge in [0, 0.05) is 35.1 Å². The number of amides is 2. The molecule has 0 aliphatic carbocycles. The number of anilines is 2. The van der Waals surface area contributed by atoms with E-state index < -0.39 is 11.8 Å². The Labute approximate surface area is 195 Å². The molecule has 2 aromatic heterocycles. The first-order valence-electron chi connectivity index (χ1n) is 11.0. The van der Waals surface area contributed by atoms with Crippen LogP contribution in [0.4, 0.5) is 20.6 Å². The van der Waals surface area contributed by atoms with Crippen molar-refractivity contribution < 1.29 is 9.18 Å². The molecule has 3 N–H and O–H groups in total. The van der Waals surface area contributed by atoms with E-state index in [0.29, 0.717) is 11.4 Å². The Hall–Kier alpha value is -4.46. The Morgan fingerprint density at radius 3 is 2.56 bits per heavy atom. The number of aromatic nitrogens is 4. The molecule has 0 saturated carbocycles. The van der Waals surface area contributed by atoms with E-state index in [2.05, 4.69) is 51.1 Å². The van der Waals surface area contributed by atoms with Gasteiger partial charge in [-0.25, -0.2) is 9.18 Å². The Bertz CT molecular complexity index is 1450. The Balaban J connectivity index is 1.30. The number of benzene rings is 3. The van der Waals surface area contributed by atoms with Gasteiger partial charge in [-0.15, -0.1) is 0 Å². The minimum absolute atomic E-state index is 0.388. The number of rotatable bonds is 6. The average Bonchev–Trinajstić information content (AvgIpc) is 3.46. The van der Waals surface area contributed by atoms with Gasteiger partial charge >= 0.3 is 6.03 Å². The number of aromatic amines is 1. The minimum Gasteiger partial charge on any atom is -0.308 e. The molecular formula is C26H23FN6O. The number of halogens is 1. The van der Waals surface area contributed by atoms with E-state index in [1.807, 2.05) is 41.3 Å². The predicted molar refractivity (Wildman–Crippen MR) is 132 cm³/mol. The number of nitrogens with zero attached hydrogens (tertiary/aromatic N) is 3. The van der Waals surface area contributed by atoms with Crippen LogP contribution in [0.3, 0.4) is 0 Å². The fourth-order valence-corrected chi connectivity index (χ4v) is 3.86. The molecule has 170 valence electrons. The summed E-state index contributed by atoms with van der Waals surface area (Å²) in [5.41, 5.74) is 5.86. The quantitative estimate of drug-likeness (QED) is 0.282. The van der Waals surface area contributed by atoms with E-state index in [1.165, 1.54) is 12.1 Å². The SMILES string of the molecule is CCCn1cc(-c2n[nH]c3cc(-c4ccc(NC(=O)Nc5cccc(F)c5)cc4)ccc23)cn1. The first-order valence-corrected chi connectivity index (χ1v) is 11.0. The highest BCUT2D eigenvalue weighted by Gasteiger charge is 2.12. The summed E-state index contributed by atoms with van der Waals surface area (Å²) in [5, 5.41) is 18.4. The van der Waals surface area contributed by atoms with E-state index in [9.17, 15) is 9.18 Å². The zero-order chi connectivity index (χ0) is 23.5. The van der Waals surface area contributed by atoms with Crippen LogP contribution in [0.1, 0.15) is 13.3 Å². The zero-order valence-corrected chi connectivity index (χ0v) is 18.5. The molecule has 5 rings (SSSR count). The van der Waals surface area contributed by atoms with Crippen LogP contribution in [-0.4, -0.2) is 26.0 Å².